The molecule has 1 aliphatic carbocycles. The van der Waals surface area contributed by atoms with Gasteiger partial charge in [0.25, 0.3) is 5.91 Å². The summed E-state index contributed by atoms with van der Waals surface area (Å²) < 4.78 is 0. The summed E-state index contributed by atoms with van der Waals surface area (Å²) in [7, 11) is 0. The molecule has 2 aromatic rings. The maximum absolute atomic E-state index is 12.6. The van der Waals surface area contributed by atoms with Crippen LogP contribution < -0.4 is 10.6 Å². The number of anilines is 1. The Kier molecular flexibility index (Phi) is 4.45. The van der Waals surface area contributed by atoms with E-state index < -0.39 is 17.5 Å². The Morgan fingerprint density at radius 3 is 2.75 bits per heavy atom. The Balaban J connectivity index is 1.42. The van der Waals surface area contributed by atoms with E-state index in [1.165, 1.54) is 22.5 Å². The van der Waals surface area contributed by atoms with Gasteiger partial charge in [-0.3, -0.25) is 14.5 Å². The zero-order valence-corrected chi connectivity index (χ0v) is 16.9. The standard InChI is InChI=1S/C20H22N4O3S/c1-11-4-5-13(8-12(11)2)15-10-28-18(21-15)22-16(25)9-24-17(26)20(3,14-6-7-14)23-19(24)27/h4-5,8,10,14H,6-7,9H2,1-3H3,(H,23,27)(H,21,22,25). The number of imide groups is 1. The maximum Gasteiger partial charge on any atom is 0.325 e. The van der Waals surface area contributed by atoms with E-state index in [9.17, 15) is 14.4 Å². The van der Waals surface area contributed by atoms with Crippen molar-refractivity contribution in [2.75, 3.05) is 11.9 Å². The molecule has 1 aromatic carbocycles. The zero-order chi connectivity index (χ0) is 20.1. The van der Waals surface area contributed by atoms with Crippen LogP contribution >= 0.6 is 11.3 Å². The van der Waals surface area contributed by atoms with E-state index in [4.69, 9.17) is 0 Å². The van der Waals surface area contributed by atoms with Crippen LogP contribution in [0.15, 0.2) is 23.6 Å². The van der Waals surface area contributed by atoms with Gasteiger partial charge in [0.2, 0.25) is 5.91 Å². The van der Waals surface area contributed by atoms with Crippen LogP contribution in [0.1, 0.15) is 30.9 Å². The Bertz CT molecular complexity index is 982. The summed E-state index contributed by atoms with van der Waals surface area (Å²) >= 11 is 1.31. The fraction of sp³-hybridized carbons (Fsp3) is 0.400. The predicted molar refractivity (Wildman–Crippen MR) is 107 cm³/mol. The van der Waals surface area contributed by atoms with Crippen molar-refractivity contribution in [1.29, 1.82) is 0 Å². The third-order valence-corrected chi connectivity index (χ3v) is 6.31. The summed E-state index contributed by atoms with van der Waals surface area (Å²) in [6, 6.07) is 5.58. The van der Waals surface area contributed by atoms with Crippen molar-refractivity contribution >= 4 is 34.3 Å². The smallest absolute Gasteiger partial charge is 0.323 e. The van der Waals surface area contributed by atoms with Gasteiger partial charge in [0.1, 0.15) is 12.1 Å². The molecule has 7 nitrogen and oxygen atoms in total. The number of benzene rings is 1. The van der Waals surface area contributed by atoms with Crippen LogP contribution in [0, 0.1) is 19.8 Å². The highest BCUT2D eigenvalue weighted by molar-refractivity contribution is 7.14. The number of aryl methyl sites for hydroxylation is 2. The highest BCUT2D eigenvalue weighted by Gasteiger charge is 2.56. The number of rotatable bonds is 5. The van der Waals surface area contributed by atoms with E-state index in [0.717, 1.165) is 29.0 Å². The van der Waals surface area contributed by atoms with Gasteiger partial charge in [-0.1, -0.05) is 12.1 Å². The van der Waals surface area contributed by atoms with E-state index in [2.05, 4.69) is 28.6 Å². The molecular formula is C20H22N4O3S. The largest absolute Gasteiger partial charge is 0.325 e. The lowest BCUT2D eigenvalue weighted by atomic mass is 9.96. The van der Waals surface area contributed by atoms with Crippen LogP contribution in [0.3, 0.4) is 0 Å². The molecule has 1 saturated heterocycles. The lowest BCUT2D eigenvalue weighted by Crippen LogP contribution is -2.46. The lowest BCUT2D eigenvalue weighted by molar-refractivity contribution is -0.134. The normalized spacial score (nSPS) is 21.8. The molecule has 146 valence electrons. The number of carbonyl (C=O) groups excluding carboxylic acids is 3. The van der Waals surface area contributed by atoms with Crippen molar-refractivity contribution in [1.82, 2.24) is 15.2 Å². The Morgan fingerprint density at radius 2 is 2.07 bits per heavy atom. The van der Waals surface area contributed by atoms with Crippen LogP contribution in [0.4, 0.5) is 9.93 Å². The van der Waals surface area contributed by atoms with Crippen molar-refractivity contribution < 1.29 is 14.4 Å². The molecule has 1 aromatic heterocycles. The van der Waals surface area contributed by atoms with Crippen molar-refractivity contribution in [2.24, 2.45) is 5.92 Å². The Morgan fingerprint density at radius 1 is 1.32 bits per heavy atom. The van der Waals surface area contributed by atoms with Crippen molar-refractivity contribution in [3.05, 3.63) is 34.7 Å². The molecule has 2 N–H and O–H groups in total. The Labute approximate surface area is 167 Å². The summed E-state index contributed by atoms with van der Waals surface area (Å²) in [6.07, 6.45) is 1.84. The van der Waals surface area contributed by atoms with E-state index in [1.54, 1.807) is 6.92 Å². The van der Waals surface area contributed by atoms with Gasteiger partial charge in [0.15, 0.2) is 5.13 Å². The first-order valence-corrected chi connectivity index (χ1v) is 10.1. The minimum Gasteiger partial charge on any atom is -0.323 e. The molecule has 4 rings (SSSR count). The van der Waals surface area contributed by atoms with Crippen LogP contribution in [-0.4, -0.2) is 39.8 Å². The van der Waals surface area contributed by atoms with Crippen LogP contribution in [0.2, 0.25) is 0 Å². The van der Waals surface area contributed by atoms with Crippen molar-refractivity contribution in [2.45, 2.75) is 39.2 Å². The number of hydrogen-bond acceptors (Lipinski definition) is 5. The predicted octanol–water partition coefficient (Wildman–Crippen LogP) is 3.09. The molecule has 0 spiro atoms. The number of thiazole rings is 1. The average molecular weight is 398 g/mol. The Hall–Kier alpha value is -2.74. The first-order chi connectivity index (χ1) is 13.3. The fourth-order valence-corrected chi connectivity index (χ4v) is 4.20. The van der Waals surface area contributed by atoms with Gasteiger partial charge in [-0.15, -0.1) is 11.3 Å². The molecule has 2 aliphatic rings. The topological polar surface area (TPSA) is 91.4 Å². The first kappa shape index (κ1) is 18.6. The minimum absolute atomic E-state index is 0.163. The molecule has 8 heteroatoms. The molecule has 1 unspecified atom stereocenters. The van der Waals surface area contributed by atoms with Gasteiger partial charge in [-0.25, -0.2) is 9.78 Å². The maximum atomic E-state index is 12.6. The van der Waals surface area contributed by atoms with Crippen molar-refractivity contribution in [3.8, 4) is 11.3 Å². The number of amides is 4. The van der Waals surface area contributed by atoms with Gasteiger partial charge in [0, 0.05) is 10.9 Å². The number of nitrogens with zero attached hydrogens (tertiary/aromatic N) is 2. The number of hydrogen-bond donors (Lipinski definition) is 2. The highest BCUT2D eigenvalue weighted by atomic mass is 32.1. The molecular weight excluding hydrogens is 376 g/mol. The van der Waals surface area contributed by atoms with Gasteiger partial charge in [0.05, 0.1) is 5.69 Å². The molecule has 1 saturated carbocycles. The summed E-state index contributed by atoms with van der Waals surface area (Å²) in [4.78, 5) is 42.6. The fourth-order valence-electron chi connectivity index (χ4n) is 3.46. The average Bonchev–Trinajstić information content (AvgIpc) is 3.37. The molecule has 0 radical (unpaired) electrons. The van der Waals surface area contributed by atoms with E-state index in [1.807, 2.05) is 24.4 Å². The minimum atomic E-state index is -0.880. The first-order valence-electron chi connectivity index (χ1n) is 9.25. The number of carbonyl (C=O) groups is 3. The molecule has 1 aliphatic heterocycles. The van der Waals surface area contributed by atoms with Gasteiger partial charge in [-0.05, 0) is 56.7 Å². The number of aromatic nitrogens is 1. The molecule has 2 heterocycles. The summed E-state index contributed by atoms with van der Waals surface area (Å²) in [5, 5.41) is 7.75. The second kappa shape index (κ2) is 6.70. The summed E-state index contributed by atoms with van der Waals surface area (Å²) in [6.45, 7) is 5.52. The SMILES string of the molecule is Cc1ccc(-c2csc(NC(=O)CN3C(=O)NC(C)(C4CC4)C3=O)n2)cc1C. The van der Waals surface area contributed by atoms with E-state index in [-0.39, 0.29) is 18.4 Å². The second-order valence-electron chi connectivity index (χ2n) is 7.68. The number of urea groups is 1. The second-order valence-corrected chi connectivity index (χ2v) is 8.54. The quantitative estimate of drug-likeness (QED) is 0.757. The molecule has 28 heavy (non-hydrogen) atoms. The van der Waals surface area contributed by atoms with Crippen molar-refractivity contribution in [3.63, 3.8) is 0 Å². The molecule has 2 fully saturated rings. The third-order valence-electron chi connectivity index (χ3n) is 5.55. The highest BCUT2D eigenvalue weighted by Crippen LogP contribution is 2.42. The summed E-state index contributed by atoms with van der Waals surface area (Å²) in [5.41, 5.74) is 3.26. The van der Waals surface area contributed by atoms with Crippen LogP contribution in [0.5, 0.6) is 0 Å². The van der Waals surface area contributed by atoms with E-state index in [0.29, 0.717) is 5.13 Å². The van der Waals surface area contributed by atoms with Gasteiger partial charge in [-0.2, -0.15) is 0 Å². The third kappa shape index (κ3) is 3.28. The summed E-state index contributed by atoms with van der Waals surface area (Å²) in [5.74, 6) is -0.605. The number of nitrogens with one attached hydrogen (secondary N) is 2. The van der Waals surface area contributed by atoms with Gasteiger partial charge < -0.3 is 10.6 Å². The van der Waals surface area contributed by atoms with E-state index >= 15 is 0 Å². The molecule has 0 bridgehead atoms. The molecule has 4 amide bonds. The zero-order valence-electron chi connectivity index (χ0n) is 16.0. The van der Waals surface area contributed by atoms with Gasteiger partial charge >= 0.3 is 6.03 Å². The lowest BCUT2D eigenvalue weighted by Gasteiger charge is -2.20. The van der Waals surface area contributed by atoms with Crippen LogP contribution in [-0.2, 0) is 9.59 Å². The monoisotopic (exact) mass is 398 g/mol. The molecule has 1 atom stereocenters. The van der Waals surface area contributed by atoms with Crippen LogP contribution in [0.25, 0.3) is 11.3 Å².